The molecule has 2 N–H and O–H groups in total. The van der Waals surface area contributed by atoms with Gasteiger partial charge >= 0.3 is 0 Å². The number of piperidine rings is 1. The van der Waals surface area contributed by atoms with Gasteiger partial charge in [0.2, 0.25) is 0 Å². The van der Waals surface area contributed by atoms with Gasteiger partial charge in [0.05, 0.1) is 0 Å². The lowest BCUT2D eigenvalue weighted by atomic mass is 9.92. The van der Waals surface area contributed by atoms with E-state index < -0.39 is 0 Å². The molecule has 1 aliphatic heterocycles. The van der Waals surface area contributed by atoms with Gasteiger partial charge in [-0.25, -0.2) is 0 Å². The molecule has 0 aromatic heterocycles. The summed E-state index contributed by atoms with van der Waals surface area (Å²) >= 11 is 0. The van der Waals surface area contributed by atoms with Gasteiger partial charge in [-0.05, 0) is 48.2 Å². The van der Waals surface area contributed by atoms with E-state index in [4.69, 9.17) is 5.73 Å². The van der Waals surface area contributed by atoms with E-state index in [0.29, 0.717) is 18.0 Å². The van der Waals surface area contributed by atoms with Gasteiger partial charge < -0.3 is 5.73 Å². The summed E-state index contributed by atoms with van der Waals surface area (Å²) < 4.78 is 0. The van der Waals surface area contributed by atoms with E-state index in [1.54, 1.807) is 0 Å². The number of nitrogens with two attached hydrogens (primary N) is 1. The first-order valence-corrected chi connectivity index (χ1v) is 7.63. The molecule has 0 saturated carbocycles. The lowest BCUT2D eigenvalue weighted by Crippen LogP contribution is -2.48. The number of nitrogens with zero attached hydrogens (tertiary/aromatic N) is 1. The molecule has 20 heavy (non-hydrogen) atoms. The van der Waals surface area contributed by atoms with Crippen LogP contribution in [0.5, 0.6) is 0 Å². The fraction of sp³-hybridized carbons (Fsp3) is 0.444. The first-order valence-electron chi connectivity index (χ1n) is 7.63. The molecular weight excluding hydrogens is 244 g/mol. The average molecular weight is 268 g/mol. The lowest BCUT2D eigenvalue weighted by molar-refractivity contribution is 0.128. The quantitative estimate of drug-likeness (QED) is 0.902. The van der Waals surface area contributed by atoms with Crippen LogP contribution in [0.1, 0.15) is 31.9 Å². The monoisotopic (exact) mass is 268 g/mol. The average Bonchev–Trinajstić information content (AvgIpc) is 2.49. The van der Waals surface area contributed by atoms with Crippen molar-refractivity contribution in [2.75, 3.05) is 13.1 Å². The molecule has 106 valence electrons. The van der Waals surface area contributed by atoms with Crippen molar-refractivity contribution in [1.29, 1.82) is 0 Å². The van der Waals surface area contributed by atoms with E-state index in [-0.39, 0.29) is 0 Å². The second-order valence-electron chi connectivity index (χ2n) is 6.21. The van der Waals surface area contributed by atoms with Crippen LogP contribution in [0.2, 0.25) is 0 Å². The van der Waals surface area contributed by atoms with E-state index in [1.165, 1.54) is 22.8 Å². The van der Waals surface area contributed by atoms with Crippen LogP contribution in [0.3, 0.4) is 0 Å². The summed E-state index contributed by atoms with van der Waals surface area (Å²) in [6, 6.07) is 16.1. The SMILES string of the molecule is CC1CCN(C(C)c2ccc3ccccc3c2)CC1N. The van der Waals surface area contributed by atoms with Crippen LogP contribution in [0.15, 0.2) is 42.5 Å². The molecule has 0 radical (unpaired) electrons. The minimum absolute atomic E-state index is 0.312. The maximum absolute atomic E-state index is 6.23. The smallest absolute Gasteiger partial charge is 0.0320 e. The van der Waals surface area contributed by atoms with E-state index in [0.717, 1.165) is 13.1 Å². The second kappa shape index (κ2) is 5.55. The fourth-order valence-corrected chi connectivity index (χ4v) is 3.16. The Labute approximate surface area is 121 Å². The van der Waals surface area contributed by atoms with Crippen molar-refractivity contribution in [3.63, 3.8) is 0 Å². The lowest BCUT2D eigenvalue weighted by Gasteiger charge is -2.38. The summed E-state index contributed by atoms with van der Waals surface area (Å²) in [5.74, 6) is 0.648. The highest BCUT2D eigenvalue weighted by atomic mass is 15.2. The van der Waals surface area contributed by atoms with Crippen LogP contribution in [0.25, 0.3) is 10.8 Å². The van der Waals surface area contributed by atoms with Gasteiger partial charge in [0.1, 0.15) is 0 Å². The molecule has 0 spiro atoms. The van der Waals surface area contributed by atoms with E-state index >= 15 is 0 Å². The summed E-state index contributed by atoms with van der Waals surface area (Å²) in [6.45, 7) is 6.73. The number of benzene rings is 2. The van der Waals surface area contributed by atoms with Crippen molar-refractivity contribution in [2.24, 2.45) is 11.7 Å². The Balaban J connectivity index is 1.83. The summed E-state index contributed by atoms with van der Waals surface area (Å²) in [5.41, 5.74) is 7.63. The van der Waals surface area contributed by atoms with Crippen molar-refractivity contribution in [3.05, 3.63) is 48.0 Å². The second-order valence-corrected chi connectivity index (χ2v) is 6.21. The topological polar surface area (TPSA) is 29.3 Å². The minimum atomic E-state index is 0.312. The molecule has 3 atom stereocenters. The first-order chi connectivity index (χ1) is 9.65. The zero-order valence-electron chi connectivity index (χ0n) is 12.4. The summed E-state index contributed by atoms with van der Waals surface area (Å²) in [6.07, 6.45) is 1.21. The number of likely N-dealkylation sites (tertiary alicyclic amines) is 1. The third kappa shape index (κ3) is 2.58. The highest BCUT2D eigenvalue weighted by Gasteiger charge is 2.26. The van der Waals surface area contributed by atoms with Crippen molar-refractivity contribution in [1.82, 2.24) is 4.90 Å². The van der Waals surface area contributed by atoms with Crippen molar-refractivity contribution in [2.45, 2.75) is 32.4 Å². The highest BCUT2D eigenvalue weighted by molar-refractivity contribution is 5.83. The Morgan fingerprint density at radius 3 is 2.65 bits per heavy atom. The van der Waals surface area contributed by atoms with Gasteiger partial charge in [-0.15, -0.1) is 0 Å². The standard InChI is InChI=1S/C18H24N2/c1-13-9-10-20(12-18(13)19)14(2)16-8-7-15-5-3-4-6-17(15)11-16/h3-8,11,13-14,18H,9-10,12,19H2,1-2H3. The Kier molecular flexibility index (Phi) is 3.77. The van der Waals surface area contributed by atoms with Gasteiger partial charge in [0.15, 0.2) is 0 Å². The van der Waals surface area contributed by atoms with Crippen LogP contribution in [0.4, 0.5) is 0 Å². The van der Waals surface area contributed by atoms with Crippen LogP contribution in [0, 0.1) is 5.92 Å². The molecule has 1 heterocycles. The van der Waals surface area contributed by atoms with Crippen molar-refractivity contribution < 1.29 is 0 Å². The molecular formula is C18H24N2. The number of rotatable bonds is 2. The normalized spacial score (nSPS) is 25.8. The molecule has 2 nitrogen and oxygen atoms in total. The van der Waals surface area contributed by atoms with Gasteiger partial charge in [-0.1, -0.05) is 43.3 Å². The molecule has 0 amide bonds. The van der Waals surface area contributed by atoms with Gasteiger partial charge in [0.25, 0.3) is 0 Å². The molecule has 1 saturated heterocycles. The van der Waals surface area contributed by atoms with E-state index in [9.17, 15) is 0 Å². The summed E-state index contributed by atoms with van der Waals surface area (Å²) in [7, 11) is 0. The van der Waals surface area contributed by atoms with Crippen LogP contribution in [-0.2, 0) is 0 Å². The molecule has 1 fully saturated rings. The van der Waals surface area contributed by atoms with Gasteiger partial charge in [-0.2, -0.15) is 0 Å². The number of fused-ring (bicyclic) bond motifs is 1. The van der Waals surface area contributed by atoms with Crippen LogP contribution < -0.4 is 5.73 Å². The zero-order chi connectivity index (χ0) is 14.1. The fourth-order valence-electron chi connectivity index (χ4n) is 3.16. The molecule has 3 unspecified atom stereocenters. The first kappa shape index (κ1) is 13.6. The molecule has 0 aliphatic carbocycles. The highest BCUT2D eigenvalue weighted by Crippen LogP contribution is 2.28. The zero-order valence-corrected chi connectivity index (χ0v) is 12.4. The van der Waals surface area contributed by atoms with Gasteiger partial charge in [0, 0.05) is 18.6 Å². The van der Waals surface area contributed by atoms with Crippen molar-refractivity contribution >= 4 is 10.8 Å². The number of hydrogen-bond acceptors (Lipinski definition) is 2. The maximum Gasteiger partial charge on any atom is 0.0320 e. The van der Waals surface area contributed by atoms with Crippen LogP contribution >= 0.6 is 0 Å². The molecule has 2 aromatic rings. The third-order valence-electron chi connectivity index (χ3n) is 4.85. The minimum Gasteiger partial charge on any atom is -0.326 e. The van der Waals surface area contributed by atoms with Crippen molar-refractivity contribution in [3.8, 4) is 0 Å². The summed E-state index contributed by atoms with van der Waals surface area (Å²) in [5, 5.41) is 2.64. The predicted molar refractivity (Wildman–Crippen MR) is 85.7 cm³/mol. The molecule has 1 aliphatic rings. The van der Waals surface area contributed by atoms with Gasteiger partial charge in [-0.3, -0.25) is 4.90 Å². The summed E-state index contributed by atoms with van der Waals surface area (Å²) in [4.78, 5) is 2.52. The molecule has 2 heteroatoms. The maximum atomic E-state index is 6.23. The third-order valence-corrected chi connectivity index (χ3v) is 4.85. The Bertz CT molecular complexity index is 593. The Hall–Kier alpha value is -1.38. The Morgan fingerprint density at radius 1 is 1.15 bits per heavy atom. The number of hydrogen-bond donors (Lipinski definition) is 1. The molecule has 3 rings (SSSR count). The molecule has 0 bridgehead atoms. The Morgan fingerprint density at radius 2 is 1.90 bits per heavy atom. The van der Waals surface area contributed by atoms with E-state index in [2.05, 4.69) is 61.2 Å². The largest absolute Gasteiger partial charge is 0.326 e. The van der Waals surface area contributed by atoms with E-state index in [1.807, 2.05) is 0 Å². The predicted octanol–water partition coefficient (Wildman–Crippen LogP) is 3.57. The van der Waals surface area contributed by atoms with Crippen LogP contribution in [-0.4, -0.2) is 24.0 Å². The molecule has 2 aromatic carbocycles.